The van der Waals surface area contributed by atoms with E-state index >= 15 is 0 Å². The van der Waals surface area contributed by atoms with Gasteiger partial charge in [0.15, 0.2) is 0 Å². The minimum atomic E-state index is 0.288. The predicted molar refractivity (Wildman–Crippen MR) is 88.7 cm³/mol. The van der Waals surface area contributed by atoms with Crippen molar-refractivity contribution in [2.75, 3.05) is 0 Å². The highest BCUT2D eigenvalue weighted by atomic mass is 15.4. The molecule has 0 aliphatic heterocycles. The summed E-state index contributed by atoms with van der Waals surface area (Å²) in [6, 6.07) is 17.5. The first kappa shape index (κ1) is 13.3. The molecule has 1 heterocycles. The lowest BCUT2D eigenvalue weighted by molar-refractivity contribution is 0.519. The second-order valence-electron chi connectivity index (χ2n) is 6.14. The molecule has 0 saturated heterocycles. The van der Waals surface area contributed by atoms with Gasteiger partial charge in [-0.1, -0.05) is 53.7 Å². The average Bonchev–Trinajstić information content (AvgIpc) is 2.96. The zero-order chi connectivity index (χ0) is 15.1. The first-order chi connectivity index (χ1) is 10.8. The van der Waals surface area contributed by atoms with Crippen molar-refractivity contribution in [2.45, 2.75) is 32.7 Å². The van der Waals surface area contributed by atoms with Crippen LogP contribution in [0.25, 0.3) is 22.5 Å². The lowest BCUT2D eigenvalue weighted by Gasteiger charge is -2.18. The molecule has 0 radical (unpaired) electrons. The van der Waals surface area contributed by atoms with E-state index < -0.39 is 0 Å². The number of nitrogens with zero attached hydrogens (tertiary/aromatic N) is 3. The summed E-state index contributed by atoms with van der Waals surface area (Å²) in [5, 5.41) is 8.98. The highest BCUT2D eigenvalue weighted by Gasteiger charge is 2.23. The van der Waals surface area contributed by atoms with E-state index in [2.05, 4.69) is 77.4 Å². The predicted octanol–water partition coefficient (Wildman–Crippen LogP) is 4.29. The Morgan fingerprint density at radius 2 is 1.45 bits per heavy atom. The molecule has 3 heteroatoms. The molecule has 3 aromatic rings. The molecule has 0 N–H and O–H groups in total. The van der Waals surface area contributed by atoms with Crippen molar-refractivity contribution in [2.24, 2.45) is 0 Å². The summed E-state index contributed by atoms with van der Waals surface area (Å²) in [4.78, 5) is 0. The van der Waals surface area contributed by atoms with Crippen molar-refractivity contribution in [1.82, 2.24) is 15.0 Å². The van der Waals surface area contributed by atoms with Crippen LogP contribution in [0.1, 0.15) is 31.0 Å². The Bertz CT molecular complexity index is 830. The Morgan fingerprint density at radius 3 is 2.14 bits per heavy atom. The summed E-state index contributed by atoms with van der Waals surface area (Å²) in [6.07, 6.45) is 2.09. The van der Waals surface area contributed by atoms with Gasteiger partial charge in [0.05, 0.1) is 5.69 Å². The molecule has 0 amide bonds. The van der Waals surface area contributed by atoms with Crippen LogP contribution in [0.15, 0.2) is 48.5 Å². The van der Waals surface area contributed by atoms with Gasteiger partial charge in [-0.25, -0.2) is 4.68 Å². The van der Waals surface area contributed by atoms with Crippen LogP contribution < -0.4 is 0 Å². The van der Waals surface area contributed by atoms with E-state index in [1.807, 2.05) is 0 Å². The molecular formula is C19H19N3. The first-order valence-corrected chi connectivity index (χ1v) is 7.87. The van der Waals surface area contributed by atoms with Crippen molar-refractivity contribution >= 4 is 0 Å². The SMILES string of the molecule is CC(C)n1nnc2c1-c1ccccc1CCc1ccccc1-2. The minimum Gasteiger partial charge on any atom is -0.242 e. The topological polar surface area (TPSA) is 30.7 Å². The fraction of sp³-hybridized carbons (Fsp3) is 0.263. The number of benzene rings is 2. The molecule has 110 valence electrons. The van der Waals surface area contributed by atoms with Crippen LogP contribution in [0, 0.1) is 0 Å². The van der Waals surface area contributed by atoms with Crippen LogP contribution in [0.5, 0.6) is 0 Å². The van der Waals surface area contributed by atoms with Gasteiger partial charge in [0.2, 0.25) is 0 Å². The molecular weight excluding hydrogens is 270 g/mol. The molecule has 22 heavy (non-hydrogen) atoms. The maximum atomic E-state index is 4.53. The van der Waals surface area contributed by atoms with Crippen molar-refractivity contribution < 1.29 is 0 Å². The Balaban J connectivity index is 2.08. The molecule has 2 aromatic carbocycles. The monoisotopic (exact) mass is 289 g/mol. The van der Waals surface area contributed by atoms with Gasteiger partial charge in [-0.2, -0.15) is 0 Å². The van der Waals surface area contributed by atoms with Gasteiger partial charge < -0.3 is 0 Å². The highest BCUT2D eigenvalue weighted by molar-refractivity contribution is 5.82. The van der Waals surface area contributed by atoms with Gasteiger partial charge >= 0.3 is 0 Å². The Labute approximate surface area is 130 Å². The zero-order valence-corrected chi connectivity index (χ0v) is 13.0. The zero-order valence-electron chi connectivity index (χ0n) is 13.0. The smallest absolute Gasteiger partial charge is 0.121 e. The van der Waals surface area contributed by atoms with E-state index in [0.717, 1.165) is 24.2 Å². The molecule has 4 rings (SSSR count). The Morgan fingerprint density at radius 1 is 0.864 bits per heavy atom. The summed E-state index contributed by atoms with van der Waals surface area (Å²) in [7, 11) is 0. The van der Waals surface area contributed by atoms with Crippen molar-refractivity contribution in [1.29, 1.82) is 0 Å². The molecule has 0 atom stereocenters. The van der Waals surface area contributed by atoms with Gasteiger partial charge in [-0.15, -0.1) is 5.10 Å². The molecule has 1 aliphatic rings. The van der Waals surface area contributed by atoms with Gasteiger partial charge in [0.1, 0.15) is 5.69 Å². The largest absolute Gasteiger partial charge is 0.242 e. The fourth-order valence-electron chi connectivity index (χ4n) is 3.30. The normalized spacial score (nSPS) is 13.0. The van der Waals surface area contributed by atoms with Gasteiger partial charge in [-0.05, 0) is 37.8 Å². The van der Waals surface area contributed by atoms with Crippen LogP contribution in [-0.2, 0) is 12.8 Å². The number of hydrogen-bond donors (Lipinski definition) is 0. The molecule has 0 bridgehead atoms. The molecule has 0 fully saturated rings. The van der Waals surface area contributed by atoms with Crippen LogP contribution >= 0.6 is 0 Å². The average molecular weight is 289 g/mol. The summed E-state index contributed by atoms with van der Waals surface area (Å²) >= 11 is 0. The number of rotatable bonds is 1. The van der Waals surface area contributed by atoms with E-state index in [-0.39, 0.29) is 6.04 Å². The van der Waals surface area contributed by atoms with Gasteiger partial charge in [-0.3, -0.25) is 0 Å². The minimum absolute atomic E-state index is 0.288. The van der Waals surface area contributed by atoms with E-state index in [1.54, 1.807) is 0 Å². The van der Waals surface area contributed by atoms with Crippen LogP contribution in [0.3, 0.4) is 0 Å². The first-order valence-electron chi connectivity index (χ1n) is 7.87. The fourth-order valence-corrected chi connectivity index (χ4v) is 3.30. The van der Waals surface area contributed by atoms with E-state index in [0.29, 0.717) is 0 Å². The molecule has 3 nitrogen and oxygen atoms in total. The molecule has 0 saturated carbocycles. The Kier molecular flexibility index (Phi) is 3.07. The lowest BCUT2D eigenvalue weighted by Crippen LogP contribution is -2.08. The van der Waals surface area contributed by atoms with Crippen LogP contribution in [0.2, 0.25) is 0 Å². The number of fused-ring (bicyclic) bond motifs is 5. The quantitative estimate of drug-likeness (QED) is 0.669. The highest BCUT2D eigenvalue weighted by Crippen LogP contribution is 2.38. The van der Waals surface area contributed by atoms with Crippen molar-refractivity contribution in [3.63, 3.8) is 0 Å². The Hall–Kier alpha value is -2.42. The summed E-state index contributed by atoms with van der Waals surface area (Å²) in [6.45, 7) is 4.31. The molecule has 0 unspecified atom stereocenters. The van der Waals surface area contributed by atoms with Gasteiger partial charge in [0.25, 0.3) is 0 Å². The maximum absolute atomic E-state index is 4.53. The third-order valence-corrected chi connectivity index (χ3v) is 4.39. The third-order valence-electron chi connectivity index (χ3n) is 4.39. The summed E-state index contributed by atoms with van der Waals surface area (Å²) < 4.78 is 2.05. The van der Waals surface area contributed by atoms with E-state index in [9.17, 15) is 0 Å². The molecule has 1 aliphatic carbocycles. The number of aromatic nitrogens is 3. The third kappa shape index (κ3) is 1.97. The summed E-state index contributed by atoms with van der Waals surface area (Å²) in [5.74, 6) is 0. The van der Waals surface area contributed by atoms with E-state index in [4.69, 9.17) is 0 Å². The van der Waals surface area contributed by atoms with E-state index in [1.165, 1.54) is 22.3 Å². The van der Waals surface area contributed by atoms with Crippen molar-refractivity contribution in [3.05, 3.63) is 59.7 Å². The lowest BCUT2D eigenvalue weighted by atomic mass is 9.89. The second-order valence-corrected chi connectivity index (χ2v) is 6.14. The van der Waals surface area contributed by atoms with Crippen LogP contribution in [-0.4, -0.2) is 15.0 Å². The standard InChI is InChI=1S/C19H19N3/c1-13(2)22-19-17-10-6-4-8-15(17)12-11-14-7-3-5-9-16(14)18(19)20-21-22/h3-10,13H,11-12H2,1-2H3. The summed E-state index contributed by atoms with van der Waals surface area (Å²) in [5.41, 5.74) is 7.38. The van der Waals surface area contributed by atoms with Crippen LogP contribution in [0.4, 0.5) is 0 Å². The number of hydrogen-bond acceptors (Lipinski definition) is 2. The molecule has 1 aromatic heterocycles. The number of aryl methyl sites for hydroxylation is 2. The molecule has 0 spiro atoms. The second kappa shape index (κ2) is 5.09. The van der Waals surface area contributed by atoms with Crippen molar-refractivity contribution in [3.8, 4) is 22.5 Å². The maximum Gasteiger partial charge on any atom is 0.121 e. The van der Waals surface area contributed by atoms with Gasteiger partial charge in [0, 0.05) is 17.2 Å².